The minimum atomic E-state index is -4.42. The predicted molar refractivity (Wildman–Crippen MR) is 50.8 cm³/mol. The molecule has 0 spiro atoms. The van der Waals surface area contributed by atoms with Crippen LogP contribution in [0, 0.1) is 0 Å². The van der Waals surface area contributed by atoms with Gasteiger partial charge >= 0.3 is 29.6 Å². The third-order valence-corrected chi connectivity index (χ3v) is 2.29. The van der Waals surface area contributed by atoms with E-state index >= 15 is 0 Å². The van der Waals surface area contributed by atoms with Crippen LogP contribution >= 0.6 is 0 Å². The molecule has 0 fully saturated rings. The molecule has 0 amide bonds. The molecule has 0 aromatic rings. The van der Waals surface area contributed by atoms with Crippen molar-refractivity contribution in [3.05, 3.63) is 11.5 Å². The van der Waals surface area contributed by atoms with Crippen LogP contribution in [-0.2, 0) is 10.1 Å². The zero-order valence-corrected chi connectivity index (χ0v) is 11.8. The van der Waals surface area contributed by atoms with Crippen LogP contribution in [-0.4, -0.2) is 60.2 Å². The zero-order valence-electron chi connectivity index (χ0n) is 8.96. The molecule has 0 aliphatic heterocycles. The van der Waals surface area contributed by atoms with Crippen molar-refractivity contribution in [2.45, 2.75) is 5.54 Å². The predicted octanol–water partition coefficient (Wildman–Crippen LogP) is -5.65. The maximum atomic E-state index is 10.1. The fourth-order valence-electron chi connectivity index (χ4n) is 0.759. The summed E-state index contributed by atoms with van der Waals surface area (Å²) in [5, 5.41) is 29.5. The first-order valence-electron chi connectivity index (χ1n) is 4.09. The van der Waals surface area contributed by atoms with Crippen LogP contribution in [0.5, 0.6) is 0 Å². The molecule has 0 saturated heterocycles. The van der Waals surface area contributed by atoms with Crippen molar-refractivity contribution in [2.24, 2.45) is 0 Å². The summed E-state index contributed by atoms with van der Waals surface area (Å²) in [6.07, 6.45) is 1.03. The van der Waals surface area contributed by atoms with Crippen LogP contribution in [0.15, 0.2) is 11.5 Å². The van der Waals surface area contributed by atoms with E-state index in [4.69, 9.17) is 15.3 Å². The number of nitrogens with one attached hydrogen (secondary N) is 1. The molecular weight excluding hydrogens is 249 g/mol. The molecule has 0 unspecified atom stereocenters. The molecule has 90 valence electrons. The smallest absolute Gasteiger partial charge is 0.744 e. The summed E-state index contributed by atoms with van der Waals surface area (Å²) >= 11 is 0. The van der Waals surface area contributed by atoms with Gasteiger partial charge in [0.25, 0.3) is 0 Å². The van der Waals surface area contributed by atoms with Crippen molar-refractivity contribution in [1.82, 2.24) is 5.32 Å². The van der Waals surface area contributed by atoms with Crippen molar-refractivity contribution < 1.29 is 57.8 Å². The van der Waals surface area contributed by atoms with Gasteiger partial charge in [-0.3, -0.25) is 0 Å². The van der Waals surface area contributed by atoms with Gasteiger partial charge in [0, 0.05) is 12.0 Å². The van der Waals surface area contributed by atoms with Gasteiger partial charge in [-0.1, -0.05) is 6.08 Å². The van der Waals surface area contributed by atoms with Crippen molar-refractivity contribution >= 4 is 10.1 Å². The molecule has 9 heteroatoms. The van der Waals surface area contributed by atoms with Gasteiger partial charge in [-0.2, -0.15) is 0 Å². The zero-order chi connectivity index (χ0) is 11.9. The Balaban J connectivity index is 0. The first kappa shape index (κ1) is 18.8. The topological polar surface area (TPSA) is 130 Å². The summed E-state index contributed by atoms with van der Waals surface area (Å²) in [5.74, 6) is 0. The summed E-state index contributed by atoms with van der Waals surface area (Å²) in [5.41, 5.74) is -1.28. The van der Waals surface area contributed by atoms with Crippen LogP contribution in [0.1, 0.15) is 0 Å². The third kappa shape index (κ3) is 7.71. The summed E-state index contributed by atoms with van der Waals surface area (Å²) in [6, 6.07) is 0. The van der Waals surface area contributed by atoms with E-state index in [1.165, 1.54) is 0 Å². The van der Waals surface area contributed by atoms with E-state index in [2.05, 4.69) is 5.32 Å². The second-order valence-corrected chi connectivity index (χ2v) is 4.26. The van der Waals surface area contributed by atoms with Crippen LogP contribution < -0.4 is 34.9 Å². The molecule has 7 nitrogen and oxygen atoms in total. The van der Waals surface area contributed by atoms with Crippen LogP contribution in [0.3, 0.4) is 0 Å². The molecule has 0 atom stereocenters. The van der Waals surface area contributed by atoms with Crippen molar-refractivity contribution in [1.29, 1.82) is 0 Å². The van der Waals surface area contributed by atoms with Crippen molar-refractivity contribution in [2.75, 3.05) is 26.4 Å². The maximum Gasteiger partial charge on any atom is 1.00 e. The van der Waals surface area contributed by atoms with Crippen LogP contribution in [0.4, 0.5) is 0 Å². The molecule has 4 N–H and O–H groups in total. The average Bonchev–Trinajstić information content (AvgIpc) is 2.18. The molecular formula is C7H14NNaO6S. The van der Waals surface area contributed by atoms with E-state index in [0.29, 0.717) is 5.41 Å². The second kappa shape index (κ2) is 8.56. The SMILES string of the molecule is O=S(=O)([O-])C=CCNC(CO)(CO)CO.[Na+]. The normalized spacial score (nSPS) is 12.8. The van der Waals surface area contributed by atoms with E-state index in [0.717, 1.165) is 6.08 Å². The minimum Gasteiger partial charge on any atom is -0.744 e. The van der Waals surface area contributed by atoms with Gasteiger partial charge in [-0.05, 0) is 0 Å². The molecule has 0 radical (unpaired) electrons. The molecule has 0 heterocycles. The molecule has 0 rings (SSSR count). The molecule has 0 aromatic heterocycles. The van der Waals surface area contributed by atoms with Crippen LogP contribution in [0.2, 0.25) is 0 Å². The number of aliphatic hydroxyl groups excluding tert-OH is 3. The second-order valence-electron chi connectivity index (χ2n) is 3.00. The molecule has 16 heavy (non-hydrogen) atoms. The van der Waals surface area contributed by atoms with Gasteiger partial charge in [0.1, 0.15) is 10.1 Å². The first-order valence-corrected chi connectivity index (χ1v) is 5.56. The Bertz CT molecular complexity index is 292. The fourth-order valence-corrected chi connectivity index (χ4v) is 1.09. The Labute approximate surface area is 116 Å². The monoisotopic (exact) mass is 263 g/mol. The van der Waals surface area contributed by atoms with Gasteiger partial charge in [0.15, 0.2) is 0 Å². The Morgan fingerprint density at radius 2 is 1.62 bits per heavy atom. The van der Waals surface area contributed by atoms with Gasteiger partial charge in [0.05, 0.1) is 25.4 Å². The van der Waals surface area contributed by atoms with Gasteiger partial charge in [-0.25, -0.2) is 8.42 Å². The largest absolute Gasteiger partial charge is 1.00 e. The van der Waals surface area contributed by atoms with Crippen LogP contribution in [0.25, 0.3) is 0 Å². The maximum absolute atomic E-state index is 10.1. The standard InChI is InChI=1S/C7H15NO6S.Na/c9-4-7(5-10,6-11)8-2-1-3-15(12,13)14;/h1,3,8-11H,2,4-6H2,(H,12,13,14);/q;+1/p-1. The molecule has 0 aromatic carbocycles. The third-order valence-electron chi connectivity index (χ3n) is 1.77. The van der Waals surface area contributed by atoms with E-state index in [9.17, 15) is 13.0 Å². The molecule has 0 aliphatic rings. The van der Waals surface area contributed by atoms with E-state index in [-0.39, 0.29) is 36.1 Å². The average molecular weight is 263 g/mol. The van der Waals surface area contributed by atoms with Gasteiger partial charge < -0.3 is 25.2 Å². The van der Waals surface area contributed by atoms with Gasteiger partial charge in [-0.15, -0.1) is 0 Å². The van der Waals surface area contributed by atoms with E-state index in [1.807, 2.05) is 0 Å². The van der Waals surface area contributed by atoms with Crippen molar-refractivity contribution in [3.8, 4) is 0 Å². The Hall–Kier alpha value is 0.490. The fraction of sp³-hybridized carbons (Fsp3) is 0.714. The van der Waals surface area contributed by atoms with Gasteiger partial charge in [0.2, 0.25) is 0 Å². The summed E-state index contributed by atoms with van der Waals surface area (Å²) < 4.78 is 30.4. The first-order chi connectivity index (χ1) is 6.89. The van der Waals surface area contributed by atoms with E-state index in [1.54, 1.807) is 0 Å². The molecule has 0 bridgehead atoms. The Kier molecular flexibility index (Phi) is 10.1. The molecule has 0 aliphatic carbocycles. The minimum absolute atomic E-state index is 0. The summed E-state index contributed by atoms with van der Waals surface area (Å²) in [6.45, 7) is -1.61. The summed E-state index contributed by atoms with van der Waals surface area (Å²) in [7, 11) is -4.42. The summed E-state index contributed by atoms with van der Waals surface area (Å²) in [4.78, 5) is 0. The van der Waals surface area contributed by atoms with Crippen molar-refractivity contribution in [3.63, 3.8) is 0 Å². The Morgan fingerprint density at radius 1 is 1.19 bits per heavy atom. The number of hydrogen-bond acceptors (Lipinski definition) is 7. The molecule has 0 saturated carbocycles. The number of aliphatic hydroxyl groups is 3. The Morgan fingerprint density at radius 3 is 1.94 bits per heavy atom. The quantitative estimate of drug-likeness (QED) is 0.266. The number of hydrogen-bond donors (Lipinski definition) is 4. The van der Waals surface area contributed by atoms with E-state index < -0.39 is 35.5 Å². The number of rotatable bonds is 7.